The molecule has 390 valence electrons. The van der Waals surface area contributed by atoms with E-state index in [2.05, 4.69) is 44.3 Å². The average molecular weight is 1020 g/mol. The summed E-state index contributed by atoms with van der Waals surface area (Å²) in [7, 11) is -3.48. The van der Waals surface area contributed by atoms with Crippen LogP contribution in [0.1, 0.15) is 148 Å². The summed E-state index contributed by atoms with van der Waals surface area (Å²) in [4.78, 5) is 77.5. The number of benzene rings is 2. The van der Waals surface area contributed by atoms with E-state index in [9.17, 15) is 32.4 Å². The molecule has 0 bridgehead atoms. The van der Waals surface area contributed by atoms with Gasteiger partial charge in [0.05, 0.1) is 28.4 Å². The zero-order valence-electron chi connectivity index (χ0n) is 43.2. The molecule has 2 aromatic carbocycles. The van der Waals surface area contributed by atoms with E-state index in [4.69, 9.17) is 11.6 Å². The van der Waals surface area contributed by atoms with Gasteiger partial charge < -0.3 is 24.5 Å². The molecule has 15 heteroatoms. The second-order valence-electron chi connectivity index (χ2n) is 23.2. The van der Waals surface area contributed by atoms with E-state index in [1.165, 1.54) is 57.4 Å². The van der Waals surface area contributed by atoms with Crippen molar-refractivity contribution in [1.82, 2.24) is 24.9 Å². The molecule has 6 heterocycles. The number of nitrogens with zero attached hydrogens (tertiary/aromatic N) is 5. The molecule has 5 amide bonds. The van der Waals surface area contributed by atoms with Crippen molar-refractivity contribution in [2.75, 3.05) is 69.6 Å². The summed E-state index contributed by atoms with van der Waals surface area (Å²) in [5.41, 5.74) is 2.12. The smallest absolute Gasteiger partial charge is 0.234 e. The number of amides is 5. The van der Waals surface area contributed by atoms with Gasteiger partial charge in [-0.3, -0.25) is 29.3 Å². The fraction of sp³-hybridized carbons (Fsp3) is 0.696. The fourth-order valence-electron chi connectivity index (χ4n) is 12.7. The van der Waals surface area contributed by atoms with Gasteiger partial charge in [0.25, 0.3) is 0 Å². The van der Waals surface area contributed by atoms with Crippen LogP contribution < -0.4 is 10.2 Å². The average Bonchev–Trinajstić information content (AvgIpc) is 3.35. The van der Waals surface area contributed by atoms with Gasteiger partial charge in [-0.05, 0) is 163 Å². The molecule has 6 aliphatic rings. The van der Waals surface area contributed by atoms with Gasteiger partial charge in [0.15, 0.2) is 9.84 Å². The Bertz CT molecular complexity index is 2300. The predicted octanol–water partition coefficient (Wildman–Crippen LogP) is 8.26. The second kappa shape index (κ2) is 23.0. The monoisotopic (exact) mass is 1020 g/mol. The largest absolute Gasteiger partial charge is 0.372 e. The first kappa shape index (κ1) is 53.3. The van der Waals surface area contributed by atoms with Gasteiger partial charge in [0.1, 0.15) is 0 Å². The maximum Gasteiger partial charge on any atom is 0.234 e. The quantitative estimate of drug-likeness (QED) is 0.174. The lowest BCUT2D eigenvalue weighted by Crippen LogP contribution is -2.57. The minimum absolute atomic E-state index is 0.0526. The Morgan fingerprint density at radius 3 is 1.89 bits per heavy atom. The Hall–Kier alpha value is -4.01. The standard InChI is InChI=1S/C56H81ClN6O7S/c1-38(2)50(37-71(69,70)39(3)4)63-49(44-6-10-46(57)11-7-44)16-25-56(5,55(63)68)35-52(65)61-32-23-45(24-33-61)54(67)62-30-19-41(20-31-62)34-40-17-26-59(27-18-40)36-42-21-28-60(29-22-42)47-12-8-43(9-13-47)48-14-15-51(64)58-53(48)66/h6-13,38-42,45,48-50H,14-37H2,1-5H3,(H,58,64,66)/t48?,49-,50+,56+/m0/s1. The molecular weight excluding hydrogens is 936 g/mol. The van der Waals surface area contributed by atoms with Crippen LogP contribution in [-0.4, -0.2) is 134 Å². The lowest BCUT2D eigenvalue weighted by atomic mass is 9.73. The summed E-state index contributed by atoms with van der Waals surface area (Å²) in [6.07, 6.45) is 11.7. The lowest BCUT2D eigenvalue weighted by molar-refractivity contribution is -0.158. The van der Waals surface area contributed by atoms with E-state index in [1.807, 2.05) is 37.8 Å². The van der Waals surface area contributed by atoms with Crippen molar-refractivity contribution in [3.63, 3.8) is 0 Å². The number of halogens is 1. The number of likely N-dealkylation sites (tertiary alicyclic amines) is 4. The summed E-state index contributed by atoms with van der Waals surface area (Å²) in [5.74, 6) is 1.14. The number of piperidine rings is 6. The van der Waals surface area contributed by atoms with Gasteiger partial charge in [0, 0.05) is 81.3 Å². The summed E-state index contributed by atoms with van der Waals surface area (Å²) in [6, 6.07) is 14.9. The topological polar surface area (TPSA) is 148 Å². The molecule has 4 atom stereocenters. The van der Waals surface area contributed by atoms with Crippen molar-refractivity contribution in [1.29, 1.82) is 0 Å². The van der Waals surface area contributed by atoms with Gasteiger partial charge in [-0.1, -0.05) is 56.6 Å². The second-order valence-corrected chi connectivity index (χ2v) is 26.2. The molecule has 0 spiro atoms. The van der Waals surface area contributed by atoms with Gasteiger partial charge in [0.2, 0.25) is 29.5 Å². The number of carbonyl (C=O) groups excluding carboxylic acids is 5. The van der Waals surface area contributed by atoms with E-state index in [0.717, 1.165) is 56.1 Å². The fourth-order valence-corrected chi connectivity index (χ4v) is 14.3. The van der Waals surface area contributed by atoms with Crippen LogP contribution in [0.5, 0.6) is 0 Å². The maximum atomic E-state index is 14.8. The lowest BCUT2D eigenvalue weighted by Gasteiger charge is -2.49. The number of anilines is 1. The van der Waals surface area contributed by atoms with Crippen molar-refractivity contribution >= 4 is 56.7 Å². The molecular formula is C56H81ClN6O7S. The van der Waals surface area contributed by atoms with E-state index < -0.39 is 26.5 Å². The van der Waals surface area contributed by atoms with Gasteiger partial charge in [-0.15, -0.1) is 0 Å². The highest BCUT2D eigenvalue weighted by Crippen LogP contribution is 2.46. The number of rotatable bonds is 15. The van der Waals surface area contributed by atoms with Crippen LogP contribution in [0.2, 0.25) is 5.02 Å². The predicted molar refractivity (Wildman–Crippen MR) is 279 cm³/mol. The van der Waals surface area contributed by atoms with Crippen molar-refractivity contribution in [3.05, 3.63) is 64.7 Å². The highest BCUT2D eigenvalue weighted by atomic mass is 35.5. The molecule has 0 aliphatic carbocycles. The van der Waals surface area contributed by atoms with Crippen molar-refractivity contribution in [2.24, 2.45) is 35.0 Å². The summed E-state index contributed by atoms with van der Waals surface area (Å²) < 4.78 is 26.7. The van der Waals surface area contributed by atoms with Crippen LogP contribution in [0.3, 0.4) is 0 Å². The van der Waals surface area contributed by atoms with Crippen LogP contribution in [0.25, 0.3) is 0 Å². The Morgan fingerprint density at radius 2 is 1.30 bits per heavy atom. The third-order valence-electron chi connectivity index (χ3n) is 17.6. The summed E-state index contributed by atoms with van der Waals surface area (Å²) in [6.45, 7) is 17.4. The zero-order chi connectivity index (χ0) is 50.6. The first-order valence-electron chi connectivity index (χ1n) is 27.1. The summed E-state index contributed by atoms with van der Waals surface area (Å²) >= 11 is 6.25. The number of nitrogens with one attached hydrogen (secondary N) is 1. The van der Waals surface area contributed by atoms with Crippen molar-refractivity contribution in [2.45, 2.75) is 148 Å². The Morgan fingerprint density at radius 1 is 0.718 bits per heavy atom. The molecule has 6 saturated heterocycles. The minimum atomic E-state index is -3.48. The van der Waals surface area contributed by atoms with Gasteiger partial charge >= 0.3 is 0 Å². The number of hydrogen-bond acceptors (Lipinski definition) is 9. The van der Waals surface area contributed by atoms with Gasteiger partial charge in [-0.25, -0.2) is 8.42 Å². The third-order valence-corrected chi connectivity index (χ3v) is 20.1. The molecule has 0 aromatic heterocycles. The first-order chi connectivity index (χ1) is 33.9. The molecule has 0 saturated carbocycles. The molecule has 2 aromatic rings. The van der Waals surface area contributed by atoms with E-state index in [1.54, 1.807) is 30.9 Å². The van der Waals surface area contributed by atoms with Crippen LogP contribution >= 0.6 is 11.6 Å². The zero-order valence-corrected chi connectivity index (χ0v) is 44.7. The highest BCUT2D eigenvalue weighted by Gasteiger charge is 2.50. The molecule has 6 aliphatic heterocycles. The van der Waals surface area contributed by atoms with E-state index in [-0.39, 0.29) is 65.5 Å². The molecule has 71 heavy (non-hydrogen) atoms. The Labute approximate surface area is 429 Å². The van der Waals surface area contributed by atoms with E-state index >= 15 is 0 Å². The van der Waals surface area contributed by atoms with Crippen LogP contribution in [0.15, 0.2) is 48.5 Å². The molecule has 1 unspecified atom stereocenters. The maximum absolute atomic E-state index is 14.8. The number of carbonyl (C=O) groups is 5. The highest BCUT2D eigenvalue weighted by molar-refractivity contribution is 7.92. The third kappa shape index (κ3) is 12.9. The molecule has 0 radical (unpaired) electrons. The summed E-state index contributed by atoms with van der Waals surface area (Å²) in [5, 5.41) is 2.49. The molecule has 1 N–H and O–H groups in total. The Balaban J connectivity index is 0.741. The minimum Gasteiger partial charge on any atom is -0.372 e. The van der Waals surface area contributed by atoms with Crippen molar-refractivity contribution in [3.8, 4) is 0 Å². The Kier molecular flexibility index (Phi) is 17.3. The van der Waals surface area contributed by atoms with Gasteiger partial charge in [-0.2, -0.15) is 0 Å². The normalized spacial score (nSPS) is 25.8. The van der Waals surface area contributed by atoms with Crippen LogP contribution in [-0.2, 0) is 33.8 Å². The van der Waals surface area contributed by atoms with Crippen LogP contribution in [0, 0.1) is 35.0 Å². The SMILES string of the molecule is CC(C)[C@@H](CS(=O)(=O)C(C)C)N1C(=O)[C@@](C)(CC(=O)N2CCC(C(=O)N3CCC(CC4CCN(CC5CCN(c6ccc(C7CCC(=O)NC7=O)cc6)CC5)CC4)CC3)CC2)CC[C@H]1c1ccc(Cl)cc1. The molecule has 6 fully saturated rings. The van der Waals surface area contributed by atoms with Crippen molar-refractivity contribution < 1.29 is 32.4 Å². The molecule has 13 nitrogen and oxygen atoms in total. The van der Waals surface area contributed by atoms with Crippen LogP contribution in [0.4, 0.5) is 5.69 Å². The number of sulfone groups is 1. The molecule has 8 rings (SSSR count). The number of imide groups is 1. The van der Waals surface area contributed by atoms with E-state index in [0.29, 0.717) is 68.5 Å². The first-order valence-corrected chi connectivity index (χ1v) is 29.2. The number of hydrogen-bond donors (Lipinski definition) is 1.